The minimum absolute atomic E-state index is 0.0889. The Kier molecular flexibility index (Phi) is 5.50. The van der Waals surface area contributed by atoms with Gasteiger partial charge in [0, 0.05) is 17.3 Å². The fraction of sp³-hybridized carbons (Fsp3) is 0. The lowest BCUT2D eigenvalue weighted by Crippen LogP contribution is -2.19. The van der Waals surface area contributed by atoms with Gasteiger partial charge in [0.25, 0.3) is 11.3 Å². The Morgan fingerprint density at radius 3 is 2.50 bits per heavy atom. The molecule has 0 amide bonds. The summed E-state index contributed by atoms with van der Waals surface area (Å²) in [7, 11) is 0. The Bertz CT molecular complexity index is 1090. The van der Waals surface area contributed by atoms with Gasteiger partial charge in [-0.2, -0.15) is 0 Å². The SMILES string of the molecule is Nc1cccc(-c2cc(N(c3ccc(C(=O)O)c(O)c3)S(=O)O)cnc2Cl)c1. The summed E-state index contributed by atoms with van der Waals surface area (Å²) in [5, 5.41) is 19.1. The van der Waals surface area contributed by atoms with Crippen molar-refractivity contribution in [1.29, 1.82) is 0 Å². The number of aromatic carboxylic acids is 1. The van der Waals surface area contributed by atoms with Gasteiger partial charge in [0.1, 0.15) is 16.5 Å². The van der Waals surface area contributed by atoms with E-state index in [0.717, 1.165) is 16.4 Å². The van der Waals surface area contributed by atoms with Gasteiger partial charge in [-0.1, -0.05) is 23.7 Å². The highest BCUT2D eigenvalue weighted by Crippen LogP contribution is 2.35. The lowest BCUT2D eigenvalue weighted by Gasteiger charge is -2.21. The van der Waals surface area contributed by atoms with Crippen LogP contribution in [-0.4, -0.2) is 29.9 Å². The van der Waals surface area contributed by atoms with Gasteiger partial charge in [0.2, 0.25) is 0 Å². The van der Waals surface area contributed by atoms with Crippen LogP contribution in [0.4, 0.5) is 17.1 Å². The number of aromatic nitrogens is 1. The highest BCUT2D eigenvalue weighted by atomic mass is 35.5. The standard InChI is InChI=1S/C18H14ClN3O5S/c19-17-15(10-2-1-3-11(20)6-10)7-13(9-21-17)22(28(26)27)12-4-5-14(18(24)25)16(23)8-12/h1-9,23H,20H2,(H,24,25)(H,26,27). The normalized spacial score (nSPS) is 11.8. The van der Waals surface area contributed by atoms with E-state index < -0.39 is 23.0 Å². The summed E-state index contributed by atoms with van der Waals surface area (Å²) in [5.74, 6) is -1.86. The summed E-state index contributed by atoms with van der Waals surface area (Å²) in [6.45, 7) is 0. The zero-order chi connectivity index (χ0) is 20.4. The first-order valence-electron chi connectivity index (χ1n) is 7.77. The molecule has 3 rings (SSSR count). The Morgan fingerprint density at radius 2 is 1.89 bits per heavy atom. The number of carbonyl (C=O) groups is 1. The summed E-state index contributed by atoms with van der Waals surface area (Å²) in [4.78, 5) is 15.1. The largest absolute Gasteiger partial charge is 0.507 e. The van der Waals surface area contributed by atoms with Gasteiger partial charge >= 0.3 is 5.97 Å². The fourth-order valence-corrected chi connectivity index (χ4v) is 3.40. The average molecular weight is 420 g/mol. The number of pyridine rings is 1. The van der Waals surface area contributed by atoms with Crippen molar-refractivity contribution in [3.8, 4) is 16.9 Å². The molecule has 0 saturated heterocycles. The van der Waals surface area contributed by atoms with Crippen LogP contribution in [0, 0.1) is 0 Å². The number of anilines is 3. The molecule has 8 nitrogen and oxygen atoms in total. The van der Waals surface area contributed by atoms with Crippen molar-refractivity contribution in [2.45, 2.75) is 0 Å². The summed E-state index contributed by atoms with van der Waals surface area (Å²) >= 11 is 3.64. The number of halogens is 1. The van der Waals surface area contributed by atoms with Gasteiger partial charge in [0.05, 0.1) is 17.6 Å². The van der Waals surface area contributed by atoms with Crippen molar-refractivity contribution in [3.63, 3.8) is 0 Å². The number of aromatic hydroxyl groups is 1. The van der Waals surface area contributed by atoms with Crippen molar-refractivity contribution in [1.82, 2.24) is 4.98 Å². The van der Waals surface area contributed by atoms with Crippen LogP contribution in [0.15, 0.2) is 54.7 Å². The van der Waals surface area contributed by atoms with E-state index in [-0.39, 0.29) is 22.1 Å². The number of carboxylic acid groups (broad SMARTS) is 1. The molecule has 2 aromatic carbocycles. The molecular formula is C18H14ClN3O5S. The van der Waals surface area contributed by atoms with Crippen LogP contribution in [0.1, 0.15) is 10.4 Å². The third-order valence-electron chi connectivity index (χ3n) is 3.86. The lowest BCUT2D eigenvalue weighted by atomic mass is 10.1. The van der Waals surface area contributed by atoms with Crippen molar-refractivity contribution in [2.75, 3.05) is 10.0 Å². The van der Waals surface area contributed by atoms with Crippen LogP contribution in [0.2, 0.25) is 5.15 Å². The first kappa shape index (κ1) is 19.6. The fourth-order valence-electron chi connectivity index (χ4n) is 2.61. The van der Waals surface area contributed by atoms with E-state index in [9.17, 15) is 18.7 Å². The van der Waals surface area contributed by atoms with E-state index in [1.807, 2.05) is 0 Å². The molecule has 0 fully saturated rings. The molecule has 0 aliphatic heterocycles. The smallest absolute Gasteiger partial charge is 0.339 e. The van der Waals surface area contributed by atoms with Crippen LogP contribution in [0.5, 0.6) is 5.75 Å². The topological polar surface area (TPSA) is 137 Å². The molecule has 1 aromatic heterocycles. The maximum absolute atomic E-state index is 12.0. The third-order valence-corrected chi connectivity index (χ3v) is 4.89. The van der Waals surface area contributed by atoms with Gasteiger partial charge < -0.3 is 15.9 Å². The predicted octanol–water partition coefficient (Wildman–Crippen LogP) is 3.66. The zero-order valence-electron chi connectivity index (χ0n) is 14.1. The van der Waals surface area contributed by atoms with Gasteiger partial charge in [-0.15, -0.1) is 0 Å². The summed E-state index contributed by atoms with van der Waals surface area (Å²) in [5.41, 5.74) is 7.41. The minimum atomic E-state index is -2.54. The van der Waals surface area contributed by atoms with Crippen LogP contribution in [0.3, 0.4) is 0 Å². The van der Waals surface area contributed by atoms with Crippen LogP contribution < -0.4 is 10.0 Å². The van der Waals surface area contributed by atoms with E-state index in [2.05, 4.69) is 4.98 Å². The minimum Gasteiger partial charge on any atom is -0.507 e. The number of phenols is 1. The van der Waals surface area contributed by atoms with Crippen molar-refractivity contribution >= 4 is 45.9 Å². The molecule has 5 N–H and O–H groups in total. The van der Waals surface area contributed by atoms with Crippen molar-refractivity contribution < 1.29 is 23.8 Å². The first-order chi connectivity index (χ1) is 13.3. The molecule has 1 atom stereocenters. The quantitative estimate of drug-likeness (QED) is 0.281. The van der Waals surface area contributed by atoms with E-state index in [1.165, 1.54) is 12.3 Å². The molecule has 3 aromatic rings. The van der Waals surface area contributed by atoms with E-state index in [1.54, 1.807) is 30.3 Å². The Balaban J connectivity index is 2.11. The molecule has 28 heavy (non-hydrogen) atoms. The maximum Gasteiger partial charge on any atom is 0.339 e. The Hall–Kier alpha value is -3.14. The van der Waals surface area contributed by atoms with Crippen LogP contribution in [-0.2, 0) is 11.3 Å². The number of nitrogens with two attached hydrogens (primary N) is 1. The first-order valence-corrected chi connectivity index (χ1v) is 9.21. The summed E-state index contributed by atoms with van der Waals surface area (Å²) in [6, 6.07) is 11.9. The van der Waals surface area contributed by atoms with Crippen molar-refractivity contribution in [2.24, 2.45) is 0 Å². The number of rotatable bonds is 5. The monoisotopic (exact) mass is 419 g/mol. The molecule has 1 unspecified atom stereocenters. The van der Waals surface area contributed by atoms with Gasteiger partial charge in [-0.25, -0.2) is 18.3 Å². The molecule has 0 radical (unpaired) electrons. The van der Waals surface area contributed by atoms with Gasteiger partial charge in [-0.05, 0) is 35.9 Å². The molecule has 0 aliphatic carbocycles. The number of benzene rings is 2. The number of nitrogens with zero attached hydrogens (tertiary/aromatic N) is 2. The van der Waals surface area contributed by atoms with Crippen LogP contribution >= 0.6 is 11.6 Å². The molecule has 0 aliphatic rings. The average Bonchev–Trinajstić information content (AvgIpc) is 2.62. The van der Waals surface area contributed by atoms with Gasteiger partial charge in [0.15, 0.2) is 0 Å². The zero-order valence-corrected chi connectivity index (χ0v) is 15.7. The number of hydrogen-bond donors (Lipinski definition) is 4. The predicted molar refractivity (Wildman–Crippen MR) is 107 cm³/mol. The van der Waals surface area contributed by atoms with Crippen molar-refractivity contribution in [3.05, 3.63) is 65.4 Å². The molecule has 0 spiro atoms. The number of carboxylic acids is 1. The lowest BCUT2D eigenvalue weighted by molar-refractivity contribution is 0.0694. The van der Waals surface area contributed by atoms with Crippen LogP contribution in [0.25, 0.3) is 11.1 Å². The molecule has 0 saturated carbocycles. The Labute approximate surface area is 167 Å². The van der Waals surface area contributed by atoms with E-state index >= 15 is 0 Å². The highest BCUT2D eigenvalue weighted by molar-refractivity contribution is 7.81. The second kappa shape index (κ2) is 7.85. The summed E-state index contributed by atoms with van der Waals surface area (Å²) < 4.78 is 22.7. The molecule has 144 valence electrons. The van der Waals surface area contributed by atoms with E-state index in [0.29, 0.717) is 16.8 Å². The molecular weight excluding hydrogens is 406 g/mol. The highest BCUT2D eigenvalue weighted by Gasteiger charge is 2.20. The number of hydrogen-bond acceptors (Lipinski definition) is 5. The third kappa shape index (κ3) is 3.91. The Morgan fingerprint density at radius 1 is 1.14 bits per heavy atom. The van der Waals surface area contributed by atoms with Gasteiger partial charge in [-0.3, -0.25) is 4.55 Å². The second-order valence-electron chi connectivity index (χ2n) is 5.69. The molecule has 1 heterocycles. The second-order valence-corrected chi connectivity index (χ2v) is 6.87. The number of nitrogen functional groups attached to an aromatic ring is 1. The molecule has 10 heteroatoms. The van der Waals surface area contributed by atoms with E-state index in [4.69, 9.17) is 22.4 Å². The molecule has 0 bridgehead atoms. The summed E-state index contributed by atoms with van der Waals surface area (Å²) in [6.07, 6.45) is 1.29. The maximum atomic E-state index is 12.0.